The number of hydrogen-bond acceptors (Lipinski definition) is 4. The van der Waals surface area contributed by atoms with Crippen molar-refractivity contribution in [3.8, 4) is 5.75 Å². The van der Waals surface area contributed by atoms with Crippen molar-refractivity contribution in [1.82, 2.24) is 4.98 Å². The van der Waals surface area contributed by atoms with Gasteiger partial charge in [-0.1, -0.05) is 6.07 Å². The van der Waals surface area contributed by atoms with Gasteiger partial charge in [0.1, 0.15) is 5.75 Å². The van der Waals surface area contributed by atoms with E-state index in [1.165, 1.54) is 30.5 Å². The molecular weight excluding hydrogens is 343 g/mol. The lowest BCUT2D eigenvalue weighted by atomic mass is 10.2. The van der Waals surface area contributed by atoms with Gasteiger partial charge in [-0.05, 0) is 42.5 Å². The zero-order valence-corrected chi connectivity index (χ0v) is 12.8. The fourth-order valence-electron chi connectivity index (χ4n) is 2.24. The van der Waals surface area contributed by atoms with Gasteiger partial charge in [0.25, 0.3) is 0 Å². The van der Waals surface area contributed by atoms with E-state index in [1.807, 2.05) is 0 Å². The zero-order chi connectivity index (χ0) is 17.5. The van der Waals surface area contributed by atoms with Crippen LogP contribution in [-0.2, 0) is 16.0 Å². The van der Waals surface area contributed by atoms with Crippen LogP contribution in [-0.4, -0.2) is 18.5 Å². The van der Waals surface area contributed by atoms with Gasteiger partial charge >= 0.3 is 6.18 Å². The van der Waals surface area contributed by atoms with Gasteiger partial charge in [-0.2, -0.15) is 13.2 Å². The summed E-state index contributed by atoms with van der Waals surface area (Å²) in [5, 5.41) is 9.79. The highest BCUT2D eigenvalue weighted by Crippen LogP contribution is 2.32. The Morgan fingerprint density at radius 2 is 1.67 bits per heavy atom. The molecule has 124 valence electrons. The van der Waals surface area contributed by atoms with Crippen molar-refractivity contribution < 1.29 is 26.7 Å². The quantitative estimate of drug-likeness (QED) is 0.761. The van der Waals surface area contributed by atoms with Crippen molar-refractivity contribution in [3.05, 3.63) is 60.3 Å². The molecule has 24 heavy (non-hydrogen) atoms. The third-order valence-corrected chi connectivity index (χ3v) is 5.17. The fraction of sp³-hybridized carbons (Fsp3) is 0.0625. The number of halogens is 3. The van der Waals surface area contributed by atoms with Crippen LogP contribution in [0.1, 0.15) is 5.56 Å². The number of fused-ring (bicyclic) bond motifs is 1. The van der Waals surface area contributed by atoms with Crippen LogP contribution in [0.3, 0.4) is 0 Å². The molecule has 0 aliphatic heterocycles. The molecule has 0 unspecified atom stereocenters. The lowest BCUT2D eigenvalue weighted by Gasteiger charge is -2.10. The van der Waals surface area contributed by atoms with Crippen LogP contribution >= 0.6 is 0 Å². The van der Waals surface area contributed by atoms with Crippen LogP contribution in [0.25, 0.3) is 10.9 Å². The number of hydrogen-bond donors (Lipinski definition) is 1. The Kier molecular flexibility index (Phi) is 3.71. The van der Waals surface area contributed by atoms with E-state index in [0.29, 0.717) is 17.0 Å². The van der Waals surface area contributed by atoms with Gasteiger partial charge < -0.3 is 5.11 Å². The van der Waals surface area contributed by atoms with Crippen LogP contribution in [0.15, 0.2) is 64.5 Å². The molecule has 3 aromatic rings. The molecule has 0 aliphatic carbocycles. The molecule has 0 saturated heterocycles. The Hall–Kier alpha value is -2.61. The van der Waals surface area contributed by atoms with Crippen molar-refractivity contribution in [3.63, 3.8) is 0 Å². The Morgan fingerprint density at radius 3 is 2.38 bits per heavy atom. The maximum Gasteiger partial charge on any atom is 0.416 e. The molecule has 0 aliphatic rings. The maximum atomic E-state index is 12.8. The second-order valence-corrected chi connectivity index (χ2v) is 7.03. The van der Waals surface area contributed by atoms with Crippen LogP contribution in [0.2, 0.25) is 0 Å². The normalized spacial score (nSPS) is 12.5. The highest BCUT2D eigenvalue weighted by Gasteiger charge is 2.32. The van der Waals surface area contributed by atoms with Crippen molar-refractivity contribution in [2.24, 2.45) is 0 Å². The molecule has 4 nitrogen and oxygen atoms in total. The summed E-state index contributed by atoms with van der Waals surface area (Å²) in [6.45, 7) is 0. The molecular formula is C16H10F3NO3S. The first-order chi connectivity index (χ1) is 11.2. The van der Waals surface area contributed by atoms with Gasteiger partial charge in [-0.25, -0.2) is 8.42 Å². The number of sulfone groups is 1. The third kappa shape index (κ3) is 2.92. The summed E-state index contributed by atoms with van der Waals surface area (Å²) in [5.74, 6) is -0.142. The van der Waals surface area contributed by atoms with E-state index in [-0.39, 0.29) is 10.6 Å². The smallest absolute Gasteiger partial charge is 0.416 e. The second-order valence-electron chi connectivity index (χ2n) is 5.08. The van der Waals surface area contributed by atoms with Gasteiger partial charge in [-0.15, -0.1) is 0 Å². The second kappa shape index (κ2) is 5.48. The van der Waals surface area contributed by atoms with Crippen LogP contribution in [0, 0.1) is 0 Å². The van der Waals surface area contributed by atoms with E-state index in [9.17, 15) is 26.7 Å². The van der Waals surface area contributed by atoms with Crippen molar-refractivity contribution in [1.29, 1.82) is 0 Å². The topological polar surface area (TPSA) is 67.3 Å². The predicted molar refractivity (Wildman–Crippen MR) is 80.3 cm³/mol. The third-order valence-electron chi connectivity index (χ3n) is 3.42. The fourth-order valence-corrected chi connectivity index (χ4v) is 3.58. The molecule has 0 fully saturated rings. The van der Waals surface area contributed by atoms with Gasteiger partial charge in [0.2, 0.25) is 9.84 Å². The number of nitrogens with zero attached hydrogens (tertiary/aromatic N) is 1. The van der Waals surface area contributed by atoms with E-state index in [1.54, 1.807) is 0 Å². The first-order valence-corrected chi connectivity index (χ1v) is 8.17. The molecule has 0 radical (unpaired) electrons. The molecule has 8 heteroatoms. The van der Waals surface area contributed by atoms with Crippen LogP contribution in [0.5, 0.6) is 5.75 Å². The average Bonchev–Trinajstić information content (AvgIpc) is 2.53. The first-order valence-electron chi connectivity index (χ1n) is 6.69. The number of benzene rings is 2. The summed E-state index contributed by atoms with van der Waals surface area (Å²) in [4.78, 5) is 3.30. The molecule has 0 bridgehead atoms. The minimum atomic E-state index is -4.63. The molecule has 1 heterocycles. The molecule has 0 amide bonds. The van der Waals surface area contributed by atoms with Gasteiger partial charge in [0.05, 0.1) is 27.1 Å². The van der Waals surface area contributed by atoms with Crippen molar-refractivity contribution in [2.45, 2.75) is 16.0 Å². The van der Waals surface area contributed by atoms with E-state index >= 15 is 0 Å². The molecule has 0 spiro atoms. The highest BCUT2D eigenvalue weighted by atomic mass is 32.2. The Bertz CT molecular complexity index is 1030. The van der Waals surface area contributed by atoms with E-state index in [0.717, 1.165) is 18.2 Å². The van der Waals surface area contributed by atoms with Crippen LogP contribution < -0.4 is 0 Å². The number of pyridine rings is 1. The molecule has 0 atom stereocenters. The monoisotopic (exact) mass is 353 g/mol. The first kappa shape index (κ1) is 16.3. The summed E-state index contributed by atoms with van der Waals surface area (Å²) < 4.78 is 63.5. The Balaban J connectivity index is 2.14. The minimum absolute atomic E-state index is 0.142. The van der Waals surface area contributed by atoms with E-state index in [4.69, 9.17) is 0 Å². The zero-order valence-electron chi connectivity index (χ0n) is 11.9. The van der Waals surface area contributed by atoms with Gasteiger partial charge in [0, 0.05) is 5.39 Å². The summed E-state index contributed by atoms with van der Waals surface area (Å²) in [6, 6.07) is 8.84. The summed E-state index contributed by atoms with van der Waals surface area (Å²) in [7, 11) is -4.14. The number of rotatable bonds is 2. The SMILES string of the molecule is O=S(=O)(c1cccc(C(F)(F)F)c1)c1ccc2ncc(O)cc2c1. The van der Waals surface area contributed by atoms with Gasteiger partial charge in [-0.3, -0.25) is 4.98 Å². The van der Waals surface area contributed by atoms with E-state index < -0.39 is 26.5 Å². The molecule has 3 rings (SSSR count). The minimum Gasteiger partial charge on any atom is -0.506 e. The summed E-state index contributed by atoms with van der Waals surface area (Å²) in [6.07, 6.45) is -3.42. The largest absolute Gasteiger partial charge is 0.506 e. The molecule has 0 saturated carbocycles. The molecule has 1 N–H and O–H groups in total. The van der Waals surface area contributed by atoms with E-state index in [2.05, 4.69) is 4.98 Å². The Labute approximate surface area is 135 Å². The number of aromatic hydroxyl groups is 1. The molecule has 1 aromatic heterocycles. The Morgan fingerprint density at radius 1 is 0.958 bits per heavy atom. The number of aromatic nitrogens is 1. The predicted octanol–water partition coefficient (Wildman–Crippen LogP) is 3.79. The average molecular weight is 353 g/mol. The van der Waals surface area contributed by atoms with Crippen LogP contribution in [0.4, 0.5) is 13.2 Å². The highest BCUT2D eigenvalue weighted by molar-refractivity contribution is 7.91. The summed E-state index contributed by atoms with van der Waals surface area (Å²) >= 11 is 0. The molecule has 2 aromatic carbocycles. The van der Waals surface area contributed by atoms with Crippen molar-refractivity contribution >= 4 is 20.7 Å². The standard InChI is InChI=1S/C16H10F3NO3S/c17-16(18,19)11-2-1-3-13(8-11)24(22,23)14-4-5-15-10(7-14)6-12(21)9-20-15/h1-9,21H. The lowest BCUT2D eigenvalue weighted by Crippen LogP contribution is -2.08. The lowest BCUT2D eigenvalue weighted by molar-refractivity contribution is -0.137. The number of alkyl halides is 3. The van der Waals surface area contributed by atoms with Gasteiger partial charge in [0.15, 0.2) is 0 Å². The van der Waals surface area contributed by atoms with Crippen molar-refractivity contribution in [2.75, 3.05) is 0 Å². The maximum absolute atomic E-state index is 12.8. The summed E-state index contributed by atoms with van der Waals surface area (Å²) in [5.41, 5.74) is -0.584.